The fourth-order valence-electron chi connectivity index (χ4n) is 2.49. The third kappa shape index (κ3) is 3.46. The Kier molecular flexibility index (Phi) is 5.03. The Labute approximate surface area is 118 Å². The standard InChI is InChI=1S/C14H22BrN3/c1-17-7-2-8-18(10-9-17)14-11-13(15)4-3-12(14)5-6-16/h3-4,11H,2,5-10,16H2,1H3. The lowest BCUT2D eigenvalue weighted by Crippen LogP contribution is -2.29. The second kappa shape index (κ2) is 6.55. The summed E-state index contributed by atoms with van der Waals surface area (Å²) in [6, 6.07) is 6.54. The summed E-state index contributed by atoms with van der Waals surface area (Å²) in [5, 5.41) is 0. The molecule has 0 unspecified atom stereocenters. The molecule has 0 spiro atoms. The van der Waals surface area contributed by atoms with Crippen LogP contribution >= 0.6 is 15.9 Å². The number of benzene rings is 1. The maximum Gasteiger partial charge on any atom is 0.0411 e. The van der Waals surface area contributed by atoms with Crippen LogP contribution in [0.25, 0.3) is 0 Å². The van der Waals surface area contributed by atoms with Gasteiger partial charge in [0.05, 0.1) is 0 Å². The van der Waals surface area contributed by atoms with Gasteiger partial charge in [-0.1, -0.05) is 22.0 Å². The van der Waals surface area contributed by atoms with E-state index in [1.807, 2.05) is 0 Å². The van der Waals surface area contributed by atoms with Gasteiger partial charge in [-0.15, -0.1) is 0 Å². The van der Waals surface area contributed by atoms with Crippen molar-refractivity contribution in [3.05, 3.63) is 28.2 Å². The maximum absolute atomic E-state index is 5.71. The van der Waals surface area contributed by atoms with Crippen LogP contribution in [0.3, 0.4) is 0 Å². The van der Waals surface area contributed by atoms with Crippen LogP contribution in [0, 0.1) is 0 Å². The Morgan fingerprint density at radius 2 is 2.06 bits per heavy atom. The second-order valence-corrected chi connectivity index (χ2v) is 5.87. The van der Waals surface area contributed by atoms with Crippen molar-refractivity contribution >= 4 is 21.6 Å². The quantitative estimate of drug-likeness (QED) is 0.928. The van der Waals surface area contributed by atoms with Crippen molar-refractivity contribution in [2.45, 2.75) is 12.8 Å². The number of nitrogens with zero attached hydrogens (tertiary/aromatic N) is 2. The summed E-state index contributed by atoms with van der Waals surface area (Å²) in [7, 11) is 2.20. The highest BCUT2D eigenvalue weighted by Crippen LogP contribution is 2.26. The topological polar surface area (TPSA) is 32.5 Å². The second-order valence-electron chi connectivity index (χ2n) is 4.96. The zero-order chi connectivity index (χ0) is 13.0. The minimum absolute atomic E-state index is 0.711. The maximum atomic E-state index is 5.71. The highest BCUT2D eigenvalue weighted by atomic mass is 79.9. The summed E-state index contributed by atoms with van der Waals surface area (Å²) in [5.74, 6) is 0. The summed E-state index contributed by atoms with van der Waals surface area (Å²) >= 11 is 3.58. The number of nitrogens with two attached hydrogens (primary N) is 1. The van der Waals surface area contributed by atoms with E-state index in [0.717, 1.165) is 30.5 Å². The van der Waals surface area contributed by atoms with Crippen LogP contribution in [-0.4, -0.2) is 44.7 Å². The first-order chi connectivity index (χ1) is 8.70. The Balaban J connectivity index is 2.21. The normalized spacial score (nSPS) is 17.8. The molecule has 3 nitrogen and oxygen atoms in total. The average molecular weight is 312 g/mol. The lowest BCUT2D eigenvalue weighted by Gasteiger charge is -2.26. The number of rotatable bonds is 3. The van der Waals surface area contributed by atoms with Crippen LogP contribution in [0.5, 0.6) is 0 Å². The van der Waals surface area contributed by atoms with Crippen LogP contribution in [0.2, 0.25) is 0 Å². The highest BCUT2D eigenvalue weighted by molar-refractivity contribution is 9.10. The lowest BCUT2D eigenvalue weighted by atomic mass is 10.1. The Morgan fingerprint density at radius 1 is 1.22 bits per heavy atom. The molecule has 2 N–H and O–H groups in total. The highest BCUT2D eigenvalue weighted by Gasteiger charge is 2.15. The Morgan fingerprint density at radius 3 is 2.83 bits per heavy atom. The van der Waals surface area contributed by atoms with E-state index in [0.29, 0.717) is 6.54 Å². The fraction of sp³-hybridized carbons (Fsp3) is 0.571. The molecule has 0 aromatic heterocycles. The van der Waals surface area contributed by atoms with Gasteiger partial charge in [0.1, 0.15) is 0 Å². The largest absolute Gasteiger partial charge is 0.370 e. The van der Waals surface area contributed by atoms with Gasteiger partial charge in [-0.05, 0) is 50.7 Å². The van der Waals surface area contributed by atoms with Gasteiger partial charge in [0.2, 0.25) is 0 Å². The number of halogens is 1. The van der Waals surface area contributed by atoms with Gasteiger partial charge in [0.25, 0.3) is 0 Å². The molecule has 1 fully saturated rings. The van der Waals surface area contributed by atoms with Crippen LogP contribution in [0.4, 0.5) is 5.69 Å². The predicted octanol–water partition coefficient (Wildman–Crippen LogP) is 2.09. The SMILES string of the molecule is CN1CCCN(c2cc(Br)ccc2CCN)CC1. The first kappa shape index (κ1) is 13.8. The first-order valence-corrected chi connectivity index (χ1v) is 7.42. The van der Waals surface area contributed by atoms with Crippen LogP contribution in [0.15, 0.2) is 22.7 Å². The van der Waals surface area contributed by atoms with Gasteiger partial charge >= 0.3 is 0 Å². The van der Waals surface area contributed by atoms with E-state index in [2.05, 4.69) is 51.0 Å². The van der Waals surface area contributed by atoms with Crippen molar-refractivity contribution in [3.63, 3.8) is 0 Å². The molecular formula is C14H22BrN3. The van der Waals surface area contributed by atoms with Gasteiger partial charge in [-0.25, -0.2) is 0 Å². The van der Waals surface area contributed by atoms with Gasteiger partial charge < -0.3 is 15.5 Å². The molecule has 4 heteroatoms. The zero-order valence-electron chi connectivity index (χ0n) is 11.0. The molecule has 18 heavy (non-hydrogen) atoms. The molecule has 1 aromatic rings. The third-order valence-electron chi connectivity index (χ3n) is 3.52. The van der Waals surface area contributed by atoms with E-state index in [4.69, 9.17) is 5.73 Å². The smallest absolute Gasteiger partial charge is 0.0411 e. The summed E-state index contributed by atoms with van der Waals surface area (Å²) < 4.78 is 1.15. The van der Waals surface area contributed by atoms with E-state index in [1.54, 1.807) is 0 Å². The Bertz CT molecular complexity index is 395. The molecule has 1 aliphatic rings. The van der Waals surface area contributed by atoms with E-state index in [9.17, 15) is 0 Å². The molecule has 1 heterocycles. The van der Waals surface area contributed by atoms with Gasteiger partial charge in [0, 0.05) is 29.8 Å². The number of hydrogen-bond donors (Lipinski definition) is 1. The number of likely N-dealkylation sites (N-methyl/N-ethyl adjacent to an activating group) is 1. The van der Waals surface area contributed by atoms with Crippen molar-refractivity contribution < 1.29 is 0 Å². The zero-order valence-corrected chi connectivity index (χ0v) is 12.6. The van der Waals surface area contributed by atoms with E-state index < -0.39 is 0 Å². The van der Waals surface area contributed by atoms with Gasteiger partial charge in [0.15, 0.2) is 0 Å². The molecule has 0 atom stereocenters. The molecule has 0 amide bonds. The van der Waals surface area contributed by atoms with Crippen molar-refractivity contribution in [3.8, 4) is 0 Å². The third-order valence-corrected chi connectivity index (χ3v) is 4.01. The monoisotopic (exact) mass is 311 g/mol. The molecule has 0 aliphatic carbocycles. The van der Waals surface area contributed by atoms with Crippen molar-refractivity contribution in [2.24, 2.45) is 5.73 Å². The summed E-state index contributed by atoms with van der Waals surface area (Å²) in [4.78, 5) is 4.90. The molecule has 1 aliphatic heterocycles. The van der Waals surface area contributed by atoms with E-state index in [-0.39, 0.29) is 0 Å². The molecule has 0 saturated carbocycles. The van der Waals surface area contributed by atoms with Gasteiger partial charge in [-0.3, -0.25) is 0 Å². The predicted molar refractivity (Wildman–Crippen MR) is 81.2 cm³/mol. The first-order valence-electron chi connectivity index (χ1n) is 6.62. The fourth-order valence-corrected chi connectivity index (χ4v) is 2.83. The molecule has 2 rings (SSSR count). The Hall–Kier alpha value is -0.580. The number of hydrogen-bond acceptors (Lipinski definition) is 3. The van der Waals surface area contributed by atoms with Gasteiger partial charge in [-0.2, -0.15) is 0 Å². The molecule has 100 valence electrons. The number of anilines is 1. The molecule has 0 radical (unpaired) electrons. The van der Waals surface area contributed by atoms with Crippen LogP contribution in [-0.2, 0) is 6.42 Å². The average Bonchev–Trinajstić information content (AvgIpc) is 2.57. The summed E-state index contributed by atoms with van der Waals surface area (Å²) in [5.41, 5.74) is 8.43. The van der Waals surface area contributed by atoms with E-state index in [1.165, 1.54) is 24.2 Å². The summed E-state index contributed by atoms with van der Waals surface area (Å²) in [6.07, 6.45) is 2.18. The lowest BCUT2D eigenvalue weighted by molar-refractivity contribution is 0.360. The molecule has 1 saturated heterocycles. The van der Waals surface area contributed by atoms with Crippen molar-refractivity contribution in [1.29, 1.82) is 0 Å². The van der Waals surface area contributed by atoms with Crippen molar-refractivity contribution in [2.75, 3.05) is 44.7 Å². The van der Waals surface area contributed by atoms with Crippen molar-refractivity contribution in [1.82, 2.24) is 4.90 Å². The van der Waals surface area contributed by atoms with Crippen LogP contribution in [0.1, 0.15) is 12.0 Å². The van der Waals surface area contributed by atoms with Crippen LogP contribution < -0.4 is 10.6 Å². The molecule has 0 bridgehead atoms. The molecule has 1 aromatic carbocycles. The minimum atomic E-state index is 0.711. The molecular weight excluding hydrogens is 290 g/mol. The summed E-state index contributed by atoms with van der Waals surface area (Å²) in [6.45, 7) is 5.27. The minimum Gasteiger partial charge on any atom is -0.370 e. The van der Waals surface area contributed by atoms with E-state index >= 15 is 0 Å².